The van der Waals surface area contributed by atoms with Crippen LogP contribution in [0.2, 0.25) is 0 Å². The second-order valence-corrected chi connectivity index (χ2v) is 28.7. The first-order chi connectivity index (χ1) is 43.5. The van der Waals surface area contributed by atoms with Gasteiger partial charge in [-0.25, -0.2) is 16.8 Å². The number of azide groups is 3. The first kappa shape index (κ1) is 78.8. The molecular weight excluding hydrogens is 1400 g/mol. The summed E-state index contributed by atoms with van der Waals surface area (Å²) in [4.78, 5) is 8.33. The fourth-order valence-corrected chi connectivity index (χ4v) is 15.3. The summed E-state index contributed by atoms with van der Waals surface area (Å²) < 4.78 is 290. The van der Waals surface area contributed by atoms with Gasteiger partial charge in [-0.1, -0.05) is 23.3 Å². The van der Waals surface area contributed by atoms with Crippen LogP contribution in [0.1, 0.15) is 40.2 Å². The molecule has 0 aromatic heterocycles. The van der Waals surface area contributed by atoms with E-state index in [2.05, 4.69) is 42.6 Å². The molecule has 0 bridgehead atoms. The number of rotatable bonds is 33. The van der Waals surface area contributed by atoms with Crippen LogP contribution in [0.15, 0.2) is 45.7 Å². The zero-order chi connectivity index (χ0) is 69.0. The van der Waals surface area contributed by atoms with Gasteiger partial charge in [0.15, 0.2) is 0 Å². The molecule has 0 spiro atoms. The molecule has 27 atom stereocenters. The van der Waals surface area contributed by atoms with Gasteiger partial charge in [-0.2, -0.15) is 0 Å². The van der Waals surface area contributed by atoms with Crippen molar-refractivity contribution in [1.29, 1.82) is 0 Å². The third kappa shape index (κ3) is 22.9. The third-order valence-corrected chi connectivity index (χ3v) is 20.0. The normalized spacial score (nSPS) is 37.2. The van der Waals surface area contributed by atoms with Gasteiger partial charge in [-0.3, -0.25) is 8.37 Å². The van der Waals surface area contributed by atoms with E-state index in [0.717, 1.165) is 13.8 Å². The predicted molar refractivity (Wildman–Crippen MR) is 303 cm³/mol. The molecule has 516 valence electrons. The van der Waals surface area contributed by atoms with Crippen LogP contribution in [-0.2, 0) is 136 Å². The fraction of sp³-hybridized carbons (Fsp3) is 0.850. The van der Waals surface area contributed by atoms with Crippen molar-refractivity contribution in [2.75, 3.05) is 19.8 Å². The second kappa shape index (κ2) is 34.5. The average Bonchev–Trinajstić information content (AvgIpc) is 0.769. The van der Waals surface area contributed by atoms with Crippen LogP contribution in [0.4, 0.5) is 0 Å². The maximum absolute atomic E-state index is 12.8. The molecule has 5 fully saturated rings. The Balaban J connectivity index is 1.40. The molecular formula is C40H56B4N9O33P2S5-5. The third-order valence-electron chi connectivity index (χ3n) is 14.9. The number of hydrogen-bond donors (Lipinski definition) is 1. The van der Waals surface area contributed by atoms with Crippen LogP contribution in [0, 0.1) is 11.8 Å². The Bertz CT molecular complexity index is 3440. The molecule has 5 aliphatic heterocycles. The Morgan fingerprint density at radius 1 is 0.495 bits per heavy atom. The van der Waals surface area contributed by atoms with Crippen molar-refractivity contribution in [3.8, 4) is 0 Å². The van der Waals surface area contributed by atoms with Crippen LogP contribution < -0.4 is 0 Å². The first-order valence-corrected chi connectivity index (χ1v) is 36.0. The molecule has 6 rings (SSSR count). The first-order valence-electron chi connectivity index (χ1n) is 27.0. The van der Waals surface area contributed by atoms with Gasteiger partial charge in [0.1, 0.15) is 12.2 Å². The standard InChI is InChI=1S/C40H61B4N9O33P2S5/c1-15-21(12-73-89(57,58)59)79-38(26(50-53-47)35(15)87-43-41-55)81-28-16(2)27(54)39(77-18(28)4)83-30-22(13-74-90(60,61)62)80-37(25(49-52-46)32(30)85-92(66,67)68)82-29-19(5)78-40(34(86-93(69,70)71)33(29)72-11-20-9-7-6-8-10-20)84-31-23(14-75-91(63,64)65)76-17(3)24(48-51-45)36(31)88-44-42-56/h6-10,15-19,21-40,54,87-88H,11-14H2,1-5H3,(H,57,58,59)(H,60,61,62)(H,63,64,65)(H,66,67,68)(H,69,70,71)/p-5/t15-,16-,17+,18?,19?,21?,22?,23?,24?,25?,26?,27?,28+,29-,30-,31-,32-,33-,34?,35+,36-,37+,38+,39+,40+/m1/s1. The van der Waals surface area contributed by atoms with Crippen molar-refractivity contribution >= 4 is 96.8 Å². The minimum atomic E-state index is -6.13. The summed E-state index contributed by atoms with van der Waals surface area (Å²) in [6.07, 6.45) is -35.1. The van der Waals surface area contributed by atoms with E-state index in [0.29, 0.717) is 19.6 Å². The van der Waals surface area contributed by atoms with Crippen molar-refractivity contribution < 1.29 is 148 Å². The Morgan fingerprint density at radius 2 is 0.946 bits per heavy atom. The molecule has 0 saturated carbocycles. The molecule has 1 N–H and O–H groups in total. The van der Waals surface area contributed by atoms with Crippen molar-refractivity contribution in [2.45, 2.75) is 181 Å². The van der Waals surface area contributed by atoms with Gasteiger partial charge in [0.05, 0.1) is 6.61 Å². The van der Waals surface area contributed by atoms with E-state index in [1.54, 1.807) is 6.07 Å². The fourth-order valence-electron chi connectivity index (χ4n) is 10.9. The van der Waals surface area contributed by atoms with E-state index < -0.39 is 247 Å². The van der Waals surface area contributed by atoms with Gasteiger partial charge in [-0.15, -0.1) is 0 Å². The van der Waals surface area contributed by atoms with Gasteiger partial charge in [0.25, 0.3) is 0 Å². The van der Waals surface area contributed by atoms with Crippen LogP contribution in [0.3, 0.4) is 0 Å². The zero-order valence-corrected chi connectivity index (χ0v) is 54.6. The van der Waals surface area contributed by atoms with Crippen LogP contribution >= 0.6 is 16.9 Å². The summed E-state index contributed by atoms with van der Waals surface area (Å²) in [5.41, 5.74) is 27.4. The van der Waals surface area contributed by atoms with Gasteiger partial charge in [-0.05, 0) is 5.53 Å². The molecule has 2 radical (unpaired) electrons. The van der Waals surface area contributed by atoms with Gasteiger partial charge in [0.2, 0.25) is 20.8 Å². The van der Waals surface area contributed by atoms with Crippen LogP contribution in [0.5, 0.6) is 0 Å². The minimum absolute atomic E-state index is 0.299. The summed E-state index contributed by atoms with van der Waals surface area (Å²) >= 11 is 0. The average molecular weight is 1460 g/mol. The van der Waals surface area contributed by atoms with Gasteiger partial charge in [0, 0.05) is 4.91 Å². The summed E-state index contributed by atoms with van der Waals surface area (Å²) in [5, 5.41) is 23.0. The van der Waals surface area contributed by atoms with Crippen molar-refractivity contribution in [3.63, 3.8) is 0 Å². The van der Waals surface area contributed by atoms with Crippen LogP contribution in [0.25, 0.3) is 31.3 Å². The summed E-state index contributed by atoms with van der Waals surface area (Å²) in [6, 6.07) is 2.54. The zero-order valence-electron chi connectivity index (χ0n) is 48.5. The molecule has 12 unspecified atom stereocenters. The SMILES string of the molecule is CC1O[C@@H](O[C@@H]2C(COS(=O)(=O)[O-])O[C@@H](O[C@@H]3C(C)O[C@@H](O[C@@H]4C(COS(=O)(=O)[O-])O[C@@H](C)C(N=[N+]=[N-])[C@H]4P[B]B=O)C(OS(=O)(=O)[O-])[C@@H]3OCc3ccccc3)C(N=[N+]=[N-])[C@H]2OS(=O)(=O)[O-])C(O)[C@@H](C)[C@@H]1O[C@@H]1OC(COS(=O)(=O)[O-])[C@@H](C)[C@H](P[B]B=O)C1N=[N+]=[N-]. The molecule has 5 aliphatic rings. The van der Waals surface area contributed by atoms with Crippen LogP contribution in [-0.4, -0.2) is 258 Å². The van der Waals surface area contributed by atoms with Gasteiger partial charge >= 0.3 is 432 Å². The number of ether oxygens (including phenoxy) is 10. The Morgan fingerprint density at radius 3 is 1.49 bits per heavy atom. The second-order valence-electron chi connectivity index (χ2n) is 20.9. The van der Waals surface area contributed by atoms with Crippen molar-refractivity contribution in [1.82, 2.24) is 0 Å². The summed E-state index contributed by atoms with van der Waals surface area (Å²) in [6.45, 7) is 4.66. The Hall–Kier alpha value is -3.22. The number of nitrogens with zero attached hydrogens (tertiary/aromatic N) is 9. The van der Waals surface area contributed by atoms with E-state index in [-0.39, 0.29) is 0 Å². The van der Waals surface area contributed by atoms with E-state index in [4.69, 9.17) is 55.7 Å². The molecule has 42 nitrogen and oxygen atoms in total. The van der Waals surface area contributed by atoms with E-state index in [1.165, 1.54) is 58.9 Å². The Labute approximate surface area is 537 Å². The molecule has 53 heteroatoms. The monoisotopic (exact) mass is 1460 g/mol. The molecule has 5 saturated heterocycles. The van der Waals surface area contributed by atoms with E-state index >= 15 is 0 Å². The van der Waals surface area contributed by atoms with Crippen molar-refractivity contribution in [3.05, 3.63) is 67.2 Å². The van der Waals surface area contributed by atoms with E-state index in [9.17, 15) is 96.0 Å². The molecule has 93 heavy (non-hydrogen) atoms. The van der Waals surface area contributed by atoms with E-state index in [1.807, 2.05) is 0 Å². The number of aliphatic hydroxyl groups is 1. The molecule has 1 aromatic rings. The molecule has 1 aromatic carbocycles. The molecule has 0 aliphatic carbocycles. The molecule has 0 amide bonds. The topological polar surface area (TPSA) is 625 Å². The Kier molecular flexibility index (Phi) is 29.2. The van der Waals surface area contributed by atoms with Gasteiger partial charge < -0.3 is 9.11 Å². The number of hydrogen-bond acceptors (Lipinski definition) is 36. The molecule has 5 heterocycles. The quantitative estimate of drug-likeness (QED) is 0.0150. The maximum atomic E-state index is 12.8. The predicted octanol–water partition coefficient (Wildman–Crippen LogP) is -2.11. The summed E-state index contributed by atoms with van der Waals surface area (Å²) in [7, 11) is -29.2. The van der Waals surface area contributed by atoms with Crippen molar-refractivity contribution in [2.24, 2.45) is 27.2 Å². The number of aliphatic hydroxyl groups excluding tert-OH is 1. The summed E-state index contributed by atoms with van der Waals surface area (Å²) in [5.74, 6) is -2.08. The number of benzene rings is 1.